The van der Waals surface area contributed by atoms with Crippen molar-refractivity contribution in [2.45, 2.75) is 65.2 Å². The predicted molar refractivity (Wildman–Crippen MR) is 64.0 cm³/mol. The Morgan fingerprint density at radius 1 is 0.778 bits per heavy atom. The summed E-state index contributed by atoms with van der Waals surface area (Å²) in [6, 6.07) is 0. The molecule has 0 saturated carbocycles. The fourth-order valence-corrected chi connectivity index (χ4v) is 1.04. The maximum atomic E-state index is 9.76. The van der Waals surface area contributed by atoms with Crippen LogP contribution in [0.4, 0.5) is 0 Å². The number of hydrogen-bond donors (Lipinski definition) is 0. The molecular formula is C13H22O5. The molecule has 0 saturated heterocycles. The molecule has 18 heavy (non-hydrogen) atoms. The molecule has 0 aliphatic rings. The second kappa shape index (κ2) is 21.1. The number of unbranched alkanes of at least 4 members (excludes halogenated alkanes) is 4. The van der Waals surface area contributed by atoms with Crippen molar-refractivity contribution in [3.63, 3.8) is 0 Å². The number of carbonyl (C=O) groups excluding carboxylic acids is 3. The number of rotatable bonds is 8. The Hall–Kier alpha value is -1.26. The van der Waals surface area contributed by atoms with Crippen molar-refractivity contribution in [2.75, 3.05) is 0 Å². The summed E-state index contributed by atoms with van der Waals surface area (Å²) in [4.78, 5) is 27.0. The molecule has 0 bridgehead atoms. The molecule has 0 atom stereocenters. The van der Waals surface area contributed by atoms with Crippen LogP contribution in [0.1, 0.15) is 65.2 Å². The van der Waals surface area contributed by atoms with E-state index in [1.165, 1.54) is 0 Å². The fraction of sp³-hybridized carbons (Fsp3) is 0.769. The van der Waals surface area contributed by atoms with Gasteiger partial charge in [0.05, 0.1) is 0 Å². The topological polar surface area (TPSA) is 97.3 Å². The number of hydrogen-bond acceptors (Lipinski definition) is 5. The second-order valence-corrected chi connectivity index (χ2v) is 3.66. The third-order valence-corrected chi connectivity index (χ3v) is 1.97. The summed E-state index contributed by atoms with van der Waals surface area (Å²) >= 11 is 0. The first-order valence-electron chi connectivity index (χ1n) is 6.14. The summed E-state index contributed by atoms with van der Waals surface area (Å²) in [6.07, 6.45) is 6.07. The van der Waals surface area contributed by atoms with Crippen LogP contribution in [0.2, 0.25) is 0 Å². The van der Waals surface area contributed by atoms with Crippen LogP contribution in [0.3, 0.4) is 0 Å². The molecule has 0 N–H and O–H groups in total. The molecule has 104 valence electrons. The van der Waals surface area contributed by atoms with E-state index in [1.54, 1.807) is 0 Å². The first kappa shape index (κ1) is 22.0. The number of carbonyl (C=O) groups is 2. The standard InChI is InChI=1S/2C6H12O2.CO/c2*1-2-3-4-5-6(7)8;1-2/h2*2-5H2,1H3,(H,7,8);/q;;+2/p-2. The van der Waals surface area contributed by atoms with Crippen LogP contribution in [0, 0.1) is 0 Å². The molecule has 5 nitrogen and oxygen atoms in total. The van der Waals surface area contributed by atoms with Crippen LogP contribution >= 0.6 is 0 Å². The summed E-state index contributed by atoms with van der Waals surface area (Å²) in [7, 11) is 0. The first-order chi connectivity index (χ1) is 8.54. The van der Waals surface area contributed by atoms with Gasteiger partial charge < -0.3 is 19.8 Å². The van der Waals surface area contributed by atoms with Crippen LogP contribution < -0.4 is 10.2 Å². The third-order valence-electron chi connectivity index (χ3n) is 1.97. The van der Waals surface area contributed by atoms with E-state index in [-0.39, 0.29) is 12.8 Å². The van der Waals surface area contributed by atoms with Gasteiger partial charge in [0, 0.05) is 11.9 Å². The van der Waals surface area contributed by atoms with Crippen LogP contribution in [-0.4, -0.2) is 18.7 Å². The van der Waals surface area contributed by atoms with Gasteiger partial charge in [0.15, 0.2) is 0 Å². The summed E-state index contributed by atoms with van der Waals surface area (Å²) in [5.74, 6) is -1.86. The third kappa shape index (κ3) is 36.4. The zero-order valence-corrected chi connectivity index (χ0v) is 11.2. The molecule has 0 fully saturated rings. The van der Waals surface area contributed by atoms with Gasteiger partial charge in [-0.15, -0.1) is 0 Å². The van der Waals surface area contributed by atoms with Crippen LogP contribution in [0.25, 0.3) is 0 Å². The van der Waals surface area contributed by atoms with Gasteiger partial charge >= 0.3 is 11.6 Å². The van der Waals surface area contributed by atoms with Gasteiger partial charge in [-0.2, -0.15) is 0 Å². The molecule has 0 heterocycles. The van der Waals surface area contributed by atoms with Gasteiger partial charge in [0.2, 0.25) is 0 Å². The molecule has 0 aliphatic carbocycles. The second-order valence-electron chi connectivity index (χ2n) is 3.66. The number of carboxylic acid groups (broad SMARTS) is 2. The zero-order chi connectivity index (χ0) is 14.8. The van der Waals surface area contributed by atoms with E-state index in [0.29, 0.717) is 0 Å². The van der Waals surface area contributed by atoms with Crippen LogP contribution in [0.15, 0.2) is 0 Å². The van der Waals surface area contributed by atoms with Gasteiger partial charge in [-0.25, -0.2) is 0 Å². The monoisotopic (exact) mass is 258 g/mol. The molecule has 5 heteroatoms. The Morgan fingerprint density at radius 3 is 1.22 bits per heavy atom. The van der Waals surface area contributed by atoms with Crippen molar-refractivity contribution < 1.29 is 24.6 Å². The van der Waals surface area contributed by atoms with Crippen molar-refractivity contribution in [2.24, 2.45) is 0 Å². The van der Waals surface area contributed by atoms with Crippen LogP contribution in [-0.2, 0) is 14.4 Å². The molecular weight excluding hydrogens is 236 g/mol. The summed E-state index contributed by atoms with van der Waals surface area (Å²) in [5, 5.41) is 19.5. The van der Waals surface area contributed by atoms with Gasteiger partial charge in [0.25, 0.3) is 0 Å². The normalized spacial score (nSPS) is 8.44. The summed E-state index contributed by atoms with van der Waals surface area (Å²) in [5.41, 5.74) is 0. The molecule has 0 rings (SSSR count). The minimum absolute atomic E-state index is 0.216. The van der Waals surface area contributed by atoms with E-state index >= 15 is 0 Å². The number of aliphatic carboxylic acids is 2. The van der Waals surface area contributed by atoms with Crippen molar-refractivity contribution in [1.29, 1.82) is 0 Å². The van der Waals surface area contributed by atoms with Crippen molar-refractivity contribution >= 4 is 18.7 Å². The summed E-state index contributed by atoms with van der Waals surface area (Å²) < 4.78 is 0. The molecule has 0 aromatic heterocycles. The zero-order valence-electron chi connectivity index (χ0n) is 11.2. The van der Waals surface area contributed by atoms with Gasteiger partial charge in [-0.05, 0) is 25.7 Å². The van der Waals surface area contributed by atoms with E-state index in [0.717, 1.165) is 38.5 Å². The van der Waals surface area contributed by atoms with Gasteiger partial charge in [-0.1, -0.05) is 39.5 Å². The van der Waals surface area contributed by atoms with Crippen LogP contribution in [0.5, 0.6) is 0 Å². The maximum absolute atomic E-state index is 9.76. The Labute approximate surface area is 109 Å². The molecule has 0 aliphatic heterocycles. The fourth-order valence-electron chi connectivity index (χ4n) is 1.04. The van der Waals surface area contributed by atoms with E-state index in [2.05, 4.69) is 6.79 Å². The van der Waals surface area contributed by atoms with Crippen molar-refractivity contribution in [3.8, 4) is 0 Å². The molecule has 0 aromatic rings. The molecule has 0 unspecified atom stereocenters. The van der Waals surface area contributed by atoms with Gasteiger partial charge in [-0.3, -0.25) is 0 Å². The molecule has 0 radical (unpaired) electrons. The Bertz CT molecular complexity index is 172. The first-order valence-corrected chi connectivity index (χ1v) is 6.14. The van der Waals surface area contributed by atoms with Crippen molar-refractivity contribution in [1.82, 2.24) is 0 Å². The average Bonchev–Trinajstić information content (AvgIpc) is 2.32. The average molecular weight is 258 g/mol. The molecule has 0 aromatic carbocycles. The Kier molecular flexibility index (Phi) is 25.7. The Balaban J connectivity index is -0.000000219. The van der Waals surface area contributed by atoms with Crippen molar-refractivity contribution in [3.05, 3.63) is 0 Å². The SMILES string of the molecule is CCCCCC(=O)[O-].CCCCCC(=O)[O-].[C+2]=O. The Morgan fingerprint density at radius 2 is 1.06 bits per heavy atom. The quantitative estimate of drug-likeness (QED) is 0.581. The molecule has 0 spiro atoms. The minimum atomic E-state index is -0.932. The summed E-state index contributed by atoms with van der Waals surface area (Å²) in [6.45, 7) is 8.57. The van der Waals surface area contributed by atoms with Gasteiger partial charge in [0.1, 0.15) is 0 Å². The van der Waals surface area contributed by atoms with E-state index in [1.807, 2.05) is 13.8 Å². The van der Waals surface area contributed by atoms with E-state index in [4.69, 9.17) is 4.79 Å². The van der Waals surface area contributed by atoms with E-state index < -0.39 is 11.9 Å². The van der Waals surface area contributed by atoms with E-state index in [9.17, 15) is 19.8 Å². The molecule has 0 amide bonds. The predicted octanol–water partition coefficient (Wildman–Crippen LogP) is 0.236. The number of carboxylic acids is 2.